The van der Waals surface area contributed by atoms with Crippen molar-refractivity contribution >= 4 is 23.1 Å². The van der Waals surface area contributed by atoms with Crippen LogP contribution in [0.3, 0.4) is 0 Å². The third-order valence-electron chi connectivity index (χ3n) is 5.52. The predicted octanol–water partition coefficient (Wildman–Crippen LogP) is 2.82. The molecule has 2 amide bonds. The lowest BCUT2D eigenvalue weighted by atomic mass is 9.84. The number of rotatable bonds is 5. The Hall–Kier alpha value is -3.31. The summed E-state index contributed by atoms with van der Waals surface area (Å²) in [5.74, 6) is 0.109. The summed E-state index contributed by atoms with van der Waals surface area (Å²) in [4.78, 5) is 16.9. The first-order chi connectivity index (χ1) is 15.5. The smallest absolute Gasteiger partial charge is 0.361 e. The molecule has 1 aliphatic carbocycles. The Kier molecular flexibility index (Phi) is 5.35. The summed E-state index contributed by atoms with van der Waals surface area (Å²) in [5, 5.41) is 6.92. The zero-order valence-corrected chi connectivity index (χ0v) is 18.0. The minimum atomic E-state index is -1.87. The van der Waals surface area contributed by atoms with Gasteiger partial charge >= 0.3 is 6.03 Å². The van der Waals surface area contributed by atoms with E-state index in [1.165, 1.54) is 19.4 Å². The molecule has 1 aromatic carbocycles. The van der Waals surface area contributed by atoms with Crippen molar-refractivity contribution in [3.8, 4) is 22.9 Å². The van der Waals surface area contributed by atoms with Crippen LogP contribution >= 0.6 is 0 Å². The second-order valence-corrected chi connectivity index (χ2v) is 8.58. The zero-order valence-electron chi connectivity index (χ0n) is 17.2. The molecular formula is C21H20FN5O4S. The molecule has 0 fully saturated rings. The Bertz CT molecular complexity index is 1200. The number of anilines is 1. The van der Waals surface area contributed by atoms with E-state index in [0.717, 1.165) is 36.6 Å². The van der Waals surface area contributed by atoms with E-state index in [1.807, 2.05) is 6.07 Å². The number of carbonyl (C=O) groups excluding carboxylic acids is 1. The molecule has 32 heavy (non-hydrogen) atoms. The van der Waals surface area contributed by atoms with Gasteiger partial charge in [0.15, 0.2) is 0 Å². The summed E-state index contributed by atoms with van der Waals surface area (Å²) in [6.45, 7) is 1.17. The number of halogens is 1. The Labute approximate surface area is 186 Å². The zero-order chi connectivity index (χ0) is 22.2. The highest BCUT2D eigenvalue weighted by molar-refractivity contribution is 7.90. The van der Waals surface area contributed by atoms with E-state index in [0.29, 0.717) is 35.2 Å². The van der Waals surface area contributed by atoms with E-state index < -0.39 is 23.2 Å². The van der Waals surface area contributed by atoms with Crippen LogP contribution in [0, 0.1) is 5.82 Å². The number of urea groups is 1. The van der Waals surface area contributed by atoms with E-state index in [1.54, 1.807) is 10.7 Å². The van der Waals surface area contributed by atoms with Gasteiger partial charge in [0, 0.05) is 30.2 Å². The van der Waals surface area contributed by atoms with Crippen LogP contribution < -0.4 is 19.5 Å². The van der Waals surface area contributed by atoms with Crippen molar-refractivity contribution < 1.29 is 23.2 Å². The van der Waals surface area contributed by atoms with Crippen molar-refractivity contribution in [3.63, 3.8) is 0 Å². The Morgan fingerprint density at radius 1 is 1.31 bits per heavy atom. The summed E-state index contributed by atoms with van der Waals surface area (Å²) < 4.78 is 42.1. The first kappa shape index (κ1) is 20.6. The number of aryl methyl sites for hydroxylation is 2. The predicted molar refractivity (Wildman–Crippen MR) is 114 cm³/mol. The molecule has 2 aliphatic rings. The van der Waals surface area contributed by atoms with Crippen molar-refractivity contribution in [3.05, 3.63) is 47.5 Å². The van der Waals surface area contributed by atoms with E-state index in [-0.39, 0.29) is 11.4 Å². The fraction of sp³-hybridized carbons (Fsp3) is 0.286. The summed E-state index contributed by atoms with van der Waals surface area (Å²) in [6.07, 6.45) is 4.94. The molecule has 0 bridgehead atoms. The SMILES string of the molecule is COc1cc(-c2ccc3c(c2NC(=O)N[S@+]([O-])c2cnn4c2OCCC4)CC3)c(F)cn1. The lowest BCUT2D eigenvalue weighted by molar-refractivity contribution is 0.224. The molecule has 5 rings (SSSR count). The van der Waals surface area contributed by atoms with E-state index in [9.17, 15) is 13.7 Å². The van der Waals surface area contributed by atoms with Crippen molar-refractivity contribution in [2.24, 2.45) is 0 Å². The fourth-order valence-corrected chi connectivity index (χ4v) is 4.64. The van der Waals surface area contributed by atoms with Crippen molar-refractivity contribution in [2.45, 2.75) is 30.7 Å². The Balaban J connectivity index is 1.41. The number of fused-ring (bicyclic) bond motifs is 2. The number of amides is 2. The number of benzene rings is 1. The van der Waals surface area contributed by atoms with Gasteiger partial charge in [-0.25, -0.2) is 18.9 Å². The third kappa shape index (κ3) is 3.63. The summed E-state index contributed by atoms with van der Waals surface area (Å²) in [5.41, 5.74) is 3.22. The molecule has 9 nitrogen and oxygen atoms in total. The van der Waals surface area contributed by atoms with Gasteiger partial charge in [0.05, 0.1) is 25.6 Å². The van der Waals surface area contributed by atoms with Gasteiger partial charge in [0.2, 0.25) is 5.88 Å². The Morgan fingerprint density at radius 2 is 2.19 bits per heavy atom. The van der Waals surface area contributed by atoms with Gasteiger partial charge in [-0.3, -0.25) is 0 Å². The summed E-state index contributed by atoms with van der Waals surface area (Å²) in [6, 6.07) is 4.47. The number of nitrogens with zero attached hydrogens (tertiary/aromatic N) is 3. The Morgan fingerprint density at radius 3 is 2.97 bits per heavy atom. The normalized spacial score (nSPS) is 15.0. The van der Waals surface area contributed by atoms with Gasteiger partial charge in [0.25, 0.3) is 10.8 Å². The standard InChI is InChI=1S/C21H20FN5O4S/c1-30-18-9-15(16(22)10-23-18)14-6-4-12-3-5-13(12)19(14)25-21(28)26-32(29)17-11-24-27-7-2-8-31-20(17)27/h4,6,9-11H,2-3,5,7-8H2,1H3,(H2,25,26,28)/t32-/m1/s1. The number of aromatic nitrogens is 3. The second kappa shape index (κ2) is 8.32. The maximum Gasteiger partial charge on any atom is 0.361 e. The average Bonchev–Trinajstić information content (AvgIpc) is 3.20. The number of methoxy groups -OCH3 is 1. The molecule has 3 heterocycles. The highest BCUT2D eigenvalue weighted by Gasteiger charge is 2.29. The van der Waals surface area contributed by atoms with E-state index in [2.05, 4.69) is 20.1 Å². The van der Waals surface area contributed by atoms with E-state index in [4.69, 9.17) is 9.47 Å². The molecule has 2 aromatic heterocycles. The summed E-state index contributed by atoms with van der Waals surface area (Å²) >= 11 is -1.87. The van der Waals surface area contributed by atoms with Gasteiger partial charge in [-0.1, -0.05) is 12.1 Å². The van der Waals surface area contributed by atoms with Gasteiger partial charge in [-0.15, -0.1) is 4.72 Å². The number of hydrogen-bond donors (Lipinski definition) is 2. The number of ether oxygens (including phenoxy) is 2. The molecule has 3 aromatic rings. The van der Waals surface area contributed by atoms with Crippen LogP contribution in [0.1, 0.15) is 17.5 Å². The fourth-order valence-electron chi connectivity index (χ4n) is 3.85. The molecular weight excluding hydrogens is 437 g/mol. The number of nitrogens with one attached hydrogen (secondary N) is 2. The maximum atomic E-state index is 14.6. The first-order valence-corrected chi connectivity index (χ1v) is 11.2. The molecule has 11 heteroatoms. The number of hydrogen-bond acceptors (Lipinski definition) is 6. The number of pyridine rings is 1. The molecule has 0 saturated carbocycles. The molecule has 2 N–H and O–H groups in total. The highest BCUT2D eigenvalue weighted by atomic mass is 32.2. The highest BCUT2D eigenvalue weighted by Crippen LogP contribution is 2.40. The van der Waals surface area contributed by atoms with Crippen LogP contribution in [0.2, 0.25) is 0 Å². The minimum absolute atomic E-state index is 0.252. The molecule has 0 radical (unpaired) electrons. The third-order valence-corrected chi connectivity index (χ3v) is 6.57. The molecule has 1 aliphatic heterocycles. The van der Waals surface area contributed by atoms with Crippen LogP contribution in [-0.4, -0.2) is 39.1 Å². The second-order valence-electron chi connectivity index (χ2n) is 7.40. The van der Waals surface area contributed by atoms with Crippen LogP contribution in [-0.2, 0) is 30.7 Å². The van der Waals surface area contributed by atoms with Crippen molar-refractivity contribution in [1.29, 1.82) is 0 Å². The molecule has 166 valence electrons. The molecule has 0 unspecified atom stereocenters. The topological polar surface area (TPSA) is 113 Å². The maximum absolute atomic E-state index is 14.6. The molecule has 0 saturated heterocycles. The van der Waals surface area contributed by atoms with Gasteiger partial charge in [-0.2, -0.15) is 5.10 Å². The van der Waals surface area contributed by atoms with Gasteiger partial charge in [0.1, 0.15) is 23.4 Å². The largest absolute Gasteiger partial charge is 0.588 e. The van der Waals surface area contributed by atoms with Crippen LogP contribution in [0.5, 0.6) is 11.8 Å². The van der Waals surface area contributed by atoms with Gasteiger partial charge < -0.3 is 19.3 Å². The molecule has 0 spiro atoms. The minimum Gasteiger partial charge on any atom is -0.588 e. The van der Waals surface area contributed by atoms with Crippen LogP contribution in [0.25, 0.3) is 11.1 Å². The quantitative estimate of drug-likeness (QED) is 0.570. The average molecular weight is 457 g/mol. The lowest BCUT2D eigenvalue weighted by Gasteiger charge is -2.25. The van der Waals surface area contributed by atoms with Crippen LogP contribution in [0.15, 0.2) is 35.5 Å². The van der Waals surface area contributed by atoms with E-state index >= 15 is 0 Å². The van der Waals surface area contributed by atoms with Gasteiger partial charge in [-0.05, 0) is 24.0 Å². The van der Waals surface area contributed by atoms with Crippen molar-refractivity contribution in [1.82, 2.24) is 19.5 Å². The number of carbonyl (C=O) groups is 1. The van der Waals surface area contributed by atoms with Crippen LogP contribution in [0.4, 0.5) is 14.9 Å². The van der Waals surface area contributed by atoms with Crippen molar-refractivity contribution in [2.75, 3.05) is 19.0 Å². The summed E-state index contributed by atoms with van der Waals surface area (Å²) in [7, 11) is 1.45. The lowest BCUT2D eigenvalue weighted by Crippen LogP contribution is -2.35. The first-order valence-electron chi connectivity index (χ1n) is 10.1. The monoisotopic (exact) mass is 457 g/mol. The molecule has 1 atom stereocenters.